The van der Waals surface area contributed by atoms with E-state index in [1.165, 1.54) is 166 Å². The van der Waals surface area contributed by atoms with Crippen LogP contribution in [0.5, 0.6) is 0 Å². The summed E-state index contributed by atoms with van der Waals surface area (Å²) < 4.78 is 4.89. The van der Waals surface area contributed by atoms with Crippen LogP contribution in [-0.4, -0.2) is 9.13 Å². The van der Waals surface area contributed by atoms with E-state index in [1.807, 2.05) is 0 Å². The van der Waals surface area contributed by atoms with Crippen LogP contribution in [0.2, 0.25) is 0 Å². The van der Waals surface area contributed by atoms with Crippen molar-refractivity contribution in [2.45, 2.75) is 38.5 Å². The van der Waals surface area contributed by atoms with Crippen molar-refractivity contribution >= 4 is 65.2 Å². The van der Waals surface area contributed by atoms with Gasteiger partial charge in [0.2, 0.25) is 0 Å². The van der Waals surface area contributed by atoms with Gasteiger partial charge in [-0.3, -0.25) is 0 Å². The van der Waals surface area contributed by atoms with Crippen molar-refractivity contribution in [1.82, 2.24) is 9.13 Å². The van der Waals surface area contributed by atoms with Crippen molar-refractivity contribution in [3.63, 3.8) is 0 Å². The molecule has 17 rings (SSSR count). The van der Waals surface area contributed by atoms with Gasteiger partial charge in [0.25, 0.3) is 0 Å². The fourth-order valence-electron chi connectivity index (χ4n) is 14.9. The lowest BCUT2D eigenvalue weighted by molar-refractivity contribution is 0.660. The first-order valence-corrected chi connectivity index (χ1v) is 28.9. The van der Waals surface area contributed by atoms with Crippen LogP contribution in [0, 0.1) is 0 Å². The van der Waals surface area contributed by atoms with E-state index >= 15 is 0 Å². The van der Waals surface area contributed by atoms with Crippen molar-refractivity contribution in [3.05, 3.63) is 289 Å². The molecule has 2 aliphatic rings. The first-order valence-electron chi connectivity index (χ1n) is 28.9. The molecule has 0 aliphatic heterocycles. The number of hydrogen-bond donors (Lipinski definition) is 0. The highest BCUT2D eigenvalue weighted by molar-refractivity contribution is 6.23. The van der Waals surface area contributed by atoms with Gasteiger partial charge in [-0.25, -0.2) is 0 Å². The largest absolute Gasteiger partial charge is 0.309 e. The van der Waals surface area contributed by atoms with Crippen LogP contribution < -0.4 is 0 Å². The molecule has 0 unspecified atom stereocenters. The molecule has 2 aromatic heterocycles. The molecule has 0 spiro atoms. The highest BCUT2D eigenvalue weighted by Gasteiger charge is 2.38. The molecule has 13 aromatic carbocycles. The van der Waals surface area contributed by atoms with E-state index in [0.29, 0.717) is 0 Å². The van der Waals surface area contributed by atoms with Crippen LogP contribution in [0.4, 0.5) is 0 Å². The molecule has 0 N–H and O–H groups in total. The fourth-order valence-corrected chi connectivity index (χ4v) is 14.9. The minimum absolute atomic E-state index is 0.216. The molecule has 0 atom stereocenters. The maximum Gasteiger partial charge on any atom is 0.0541 e. The number of nitrogens with zero attached hydrogens (tertiary/aromatic N) is 2. The Morgan fingerprint density at radius 2 is 0.512 bits per heavy atom. The summed E-state index contributed by atoms with van der Waals surface area (Å²) in [5.74, 6) is 0. The molecule has 0 saturated heterocycles. The Kier molecular flexibility index (Phi) is 9.85. The third-order valence-electron chi connectivity index (χ3n) is 18.9. The quantitative estimate of drug-likeness (QED) is 0.147. The summed E-state index contributed by atoms with van der Waals surface area (Å²) in [6, 6.07) is 100. The fraction of sp³-hybridized carbons (Fsp3) is 0.0750. The van der Waals surface area contributed by atoms with Gasteiger partial charge >= 0.3 is 0 Å². The van der Waals surface area contributed by atoms with Crippen molar-refractivity contribution < 1.29 is 0 Å². The van der Waals surface area contributed by atoms with Gasteiger partial charge in [0.05, 0.1) is 22.1 Å². The molecule has 82 heavy (non-hydrogen) atoms. The van der Waals surface area contributed by atoms with Crippen LogP contribution in [0.15, 0.2) is 267 Å². The van der Waals surface area contributed by atoms with E-state index < -0.39 is 0 Å². The van der Waals surface area contributed by atoms with Crippen LogP contribution in [-0.2, 0) is 10.8 Å². The Labute approximate surface area is 477 Å². The molecule has 0 bridgehead atoms. The van der Waals surface area contributed by atoms with Crippen LogP contribution in [0.1, 0.15) is 49.9 Å². The number of fused-ring (bicyclic) bond motifs is 14. The zero-order valence-corrected chi connectivity index (χ0v) is 46.3. The molecule has 0 amide bonds. The third kappa shape index (κ3) is 6.64. The molecular weight excluding hydrogens is 989 g/mol. The van der Waals surface area contributed by atoms with E-state index in [2.05, 4.69) is 304 Å². The van der Waals surface area contributed by atoms with Crippen molar-refractivity contribution in [2.24, 2.45) is 0 Å². The first-order chi connectivity index (χ1) is 40.2. The van der Waals surface area contributed by atoms with Crippen LogP contribution in [0.3, 0.4) is 0 Å². The highest BCUT2D eigenvalue weighted by atomic mass is 15.0. The molecule has 386 valence electrons. The Bertz CT molecular complexity index is 4770. The van der Waals surface area contributed by atoms with Gasteiger partial charge in [0.15, 0.2) is 0 Å². The number of hydrogen-bond acceptors (Lipinski definition) is 0. The average molecular weight is 1050 g/mol. The zero-order valence-electron chi connectivity index (χ0n) is 46.3. The van der Waals surface area contributed by atoms with Crippen molar-refractivity contribution in [3.8, 4) is 78.1 Å². The van der Waals surface area contributed by atoms with E-state index in [0.717, 1.165) is 0 Å². The molecular formula is C80H56N2. The van der Waals surface area contributed by atoms with Gasteiger partial charge in [0.1, 0.15) is 0 Å². The lowest BCUT2D eigenvalue weighted by atomic mass is 9.80. The maximum absolute atomic E-state index is 2.48. The number of aromatic nitrogens is 2. The molecule has 0 saturated carbocycles. The molecule has 0 radical (unpaired) electrons. The second-order valence-corrected chi connectivity index (χ2v) is 24.0. The summed E-state index contributed by atoms with van der Waals surface area (Å²) in [7, 11) is 0. The molecule has 0 fully saturated rings. The Morgan fingerprint density at radius 1 is 0.220 bits per heavy atom. The zero-order chi connectivity index (χ0) is 54.6. The predicted molar refractivity (Wildman–Crippen MR) is 347 cm³/mol. The minimum atomic E-state index is -0.216. The lowest BCUT2D eigenvalue weighted by Gasteiger charge is -2.23. The highest BCUT2D eigenvalue weighted by Crippen LogP contribution is 2.54. The average Bonchev–Trinajstić information content (AvgIpc) is 4.11. The van der Waals surface area contributed by atoms with Gasteiger partial charge in [-0.2, -0.15) is 0 Å². The standard InChI is InChI=1S/C80H56N2/c1-79(2)69-45-53(31-37-57(69)59-41-35-55(47-71(59)79)81-73-27-15-11-23-61(73)62-24-12-16-28-74(62)81)51-33-39-65-67(43-51)77(49-19-7-5-8-20-49)66-40-34-52(44-68(66)78(65)50-21-9-6-10-22-50)54-32-38-58-60-42-36-56(48-72(60)80(3,4)70(58)46-54)82-75-29-17-13-25-63(75)64-26-14-18-30-76(64)82/h5-48H,1-4H3. The van der Waals surface area contributed by atoms with E-state index in [4.69, 9.17) is 0 Å². The van der Waals surface area contributed by atoms with Gasteiger partial charge < -0.3 is 9.13 Å². The van der Waals surface area contributed by atoms with Gasteiger partial charge in [-0.05, 0) is 183 Å². The van der Waals surface area contributed by atoms with Gasteiger partial charge in [0, 0.05) is 43.7 Å². The molecule has 2 heteroatoms. The summed E-state index contributed by atoms with van der Waals surface area (Å²) in [6.45, 7) is 9.63. The summed E-state index contributed by atoms with van der Waals surface area (Å²) in [4.78, 5) is 0. The minimum Gasteiger partial charge on any atom is -0.309 e. The summed E-state index contributed by atoms with van der Waals surface area (Å²) in [6.07, 6.45) is 0. The second kappa shape index (κ2) is 17.2. The van der Waals surface area contributed by atoms with Crippen molar-refractivity contribution in [2.75, 3.05) is 0 Å². The number of para-hydroxylation sites is 4. The van der Waals surface area contributed by atoms with Gasteiger partial charge in [-0.15, -0.1) is 0 Å². The Hall–Kier alpha value is -10.0. The van der Waals surface area contributed by atoms with Crippen LogP contribution in [0.25, 0.3) is 143 Å². The molecule has 15 aromatic rings. The smallest absolute Gasteiger partial charge is 0.0541 e. The van der Waals surface area contributed by atoms with Crippen molar-refractivity contribution in [1.29, 1.82) is 0 Å². The molecule has 2 heterocycles. The molecule has 2 aliphatic carbocycles. The third-order valence-corrected chi connectivity index (χ3v) is 18.9. The lowest BCUT2D eigenvalue weighted by Crippen LogP contribution is -2.15. The van der Waals surface area contributed by atoms with Crippen LogP contribution >= 0.6 is 0 Å². The monoisotopic (exact) mass is 1040 g/mol. The first kappa shape index (κ1) is 46.9. The second-order valence-electron chi connectivity index (χ2n) is 24.0. The van der Waals surface area contributed by atoms with E-state index in [9.17, 15) is 0 Å². The van der Waals surface area contributed by atoms with E-state index in [1.54, 1.807) is 0 Å². The SMILES string of the molecule is CC1(C)c2cc(-c3ccc4c(-c5ccccc5)c5cc(-c6ccc7c(c6)C(C)(C)c6cc(-n8c9ccccc9c9ccccc98)ccc6-7)ccc5c(-c5ccccc5)c4c3)ccc2-c2ccc(-n3c4ccccc4c4ccccc43)cc21. The normalized spacial score (nSPS) is 13.8. The molecule has 2 nitrogen and oxygen atoms in total. The summed E-state index contributed by atoms with van der Waals surface area (Å²) in [5.41, 5.74) is 27.4. The maximum atomic E-state index is 2.48. The van der Waals surface area contributed by atoms with Gasteiger partial charge in [-0.1, -0.05) is 222 Å². The number of benzene rings is 13. The Balaban J connectivity index is 0.786. The van der Waals surface area contributed by atoms with E-state index in [-0.39, 0.29) is 10.8 Å². The summed E-state index contributed by atoms with van der Waals surface area (Å²) >= 11 is 0. The predicted octanol–water partition coefficient (Wildman–Crippen LogP) is 21.5. The number of rotatable bonds is 6. The summed E-state index contributed by atoms with van der Waals surface area (Å²) in [5, 5.41) is 10.1. The topological polar surface area (TPSA) is 9.86 Å². The Morgan fingerprint density at radius 3 is 0.878 bits per heavy atom.